The van der Waals surface area contributed by atoms with Crippen LogP contribution in [0.4, 0.5) is 10.2 Å². The van der Waals surface area contributed by atoms with Gasteiger partial charge in [-0.25, -0.2) is 4.39 Å². The SMILES string of the molecule is Cn1nc(-c2cccs2)c(-c2cccc(Cl)c2F)c1N. The van der Waals surface area contributed by atoms with Gasteiger partial charge in [0.25, 0.3) is 0 Å². The fourth-order valence-electron chi connectivity index (χ4n) is 2.09. The maximum atomic E-state index is 14.3. The maximum absolute atomic E-state index is 14.3. The van der Waals surface area contributed by atoms with Crippen molar-refractivity contribution in [2.75, 3.05) is 5.73 Å². The third-order valence-corrected chi connectivity index (χ3v) is 4.24. The van der Waals surface area contributed by atoms with Crippen LogP contribution in [-0.4, -0.2) is 9.78 Å². The molecule has 1 aromatic carbocycles. The highest BCUT2D eigenvalue weighted by atomic mass is 35.5. The number of rotatable bonds is 2. The van der Waals surface area contributed by atoms with Crippen molar-refractivity contribution in [1.29, 1.82) is 0 Å². The Morgan fingerprint density at radius 2 is 2.10 bits per heavy atom. The molecule has 20 heavy (non-hydrogen) atoms. The second-order valence-corrected chi connectivity index (χ2v) is 5.67. The minimum atomic E-state index is -0.480. The highest BCUT2D eigenvalue weighted by Gasteiger charge is 2.21. The lowest BCUT2D eigenvalue weighted by Crippen LogP contribution is -1.98. The summed E-state index contributed by atoms with van der Waals surface area (Å²) < 4.78 is 15.8. The van der Waals surface area contributed by atoms with E-state index >= 15 is 0 Å². The largest absolute Gasteiger partial charge is 0.383 e. The first-order chi connectivity index (χ1) is 9.59. The van der Waals surface area contributed by atoms with Crippen molar-refractivity contribution in [3.05, 3.63) is 46.6 Å². The number of benzene rings is 1. The minimum absolute atomic E-state index is 0.0721. The Kier molecular flexibility index (Phi) is 3.23. The second kappa shape index (κ2) is 4.92. The highest BCUT2D eigenvalue weighted by Crippen LogP contribution is 2.39. The predicted octanol–water partition coefficient (Wildman–Crippen LogP) is 4.19. The molecule has 3 rings (SSSR count). The zero-order valence-corrected chi connectivity index (χ0v) is 12.2. The van der Waals surface area contributed by atoms with Crippen molar-refractivity contribution in [2.24, 2.45) is 7.05 Å². The molecule has 2 aromatic heterocycles. The lowest BCUT2D eigenvalue weighted by atomic mass is 10.0. The summed E-state index contributed by atoms with van der Waals surface area (Å²) in [4.78, 5) is 0.937. The van der Waals surface area contributed by atoms with Gasteiger partial charge in [0, 0.05) is 12.6 Å². The van der Waals surface area contributed by atoms with E-state index in [4.69, 9.17) is 17.3 Å². The van der Waals surface area contributed by atoms with Crippen LogP contribution in [0.25, 0.3) is 21.7 Å². The summed E-state index contributed by atoms with van der Waals surface area (Å²) >= 11 is 7.39. The van der Waals surface area contributed by atoms with Gasteiger partial charge in [-0.1, -0.05) is 29.8 Å². The van der Waals surface area contributed by atoms with Crippen LogP contribution in [-0.2, 0) is 7.05 Å². The molecule has 0 fully saturated rings. The van der Waals surface area contributed by atoms with E-state index < -0.39 is 5.82 Å². The number of nitrogen functional groups attached to an aromatic ring is 1. The summed E-state index contributed by atoms with van der Waals surface area (Å²) in [6.07, 6.45) is 0. The Morgan fingerprint density at radius 1 is 1.30 bits per heavy atom. The molecule has 0 atom stereocenters. The van der Waals surface area contributed by atoms with E-state index in [-0.39, 0.29) is 5.02 Å². The van der Waals surface area contributed by atoms with Crippen LogP contribution in [0.5, 0.6) is 0 Å². The first kappa shape index (κ1) is 13.1. The molecule has 0 saturated carbocycles. The van der Waals surface area contributed by atoms with Gasteiger partial charge in [0.05, 0.1) is 15.5 Å². The quantitative estimate of drug-likeness (QED) is 0.771. The van der Waals surface area contributed by atoms with Crippen molar-refractivity contribution < 1.29 is 4.39 Å². The number of aryl methyl sites for hydroxylation is 1. The number of aromatic nitrogens is 2. The van der Waals surface area contributed by atoms with Crippen molar-refractivity contribution in [2.45, 2.75) is 0 Å². The summed E-state index contributed by atoms with van der Waals surface area (Å²) in [5.74, 6) is -0.0683. The van der Waals surface area contributed by atoms with Crippen LogP contribution in [0, 0.1) is 5.82 Å². The van der Waals surface area contributed by atoms with E-state index in [1.807, 2.05) is 17.5 Å². The number of hydrogen-bond acceptors (Lipinski definition) is 3. The average molecular weight is 308 g/mol. The molecule has 0 radical (unpaired) electrons. The van der Waals surface area contributed by atoms with E-state index in [2.05, 4.69) is 5.10 Å². The minimum Gasteiger partial charge on any atom is -0.383 e. The summed E-state index contributed by atoms with van der Waals surface area (Å²) in [5.41, 5.74) is 7.67. The van der Waals surface area contributed by atoms with Crippen LogP contribution in [0.3, 0.4) is 0 Å². The summed E-state index contributed by atoms with van der Waals surface area (Å²) in [6, 6.07) is 8.72. The number of anilines is 1. The molecule has 0 bridgehead atoms. The molecule has 0 unspecified atom stereocenters. The van der Waals surface area contributed by atoms with Gasteiger partial charge in [-0.3, -0.25) is 4.68 Å². The summed E-state index contributed by atoms with van der Waals surface area (Å²) in [5, 5.41) is 6.41. The molecule has 0 spiro atoms. The van der Waals surface area contributed by atoms with Crippen molar-refractivity contribution in [3.63, 3.8) is 0 Å². The molecule has 2 N–H and O–H groups in total. The average Bonchev–Trinajstić information content (AvgIpc) is 3.04. The summed E-state index contributed by atoms with van der Waals surface area (Å²) in [7, 11) is 1.73. The lowest BCUT2D eigenvalue weighted by Gasteiger charge is -2.06. The molecule has 0 amide bonds. The van der Waals surface area contributed by atoms with Crippen molar-refractivity contribution in [3.8, 4) is 21.7 Å². The molecule has 2 heterocycles. The van der Waals surface area contributed by atoms with E-state index in [1.165, 1.54) is 17.4 Å². The van der Waals surface area contributed by atoms with Gasteiger partial charge in [0.2, 0.25) is 0 Å². The number of thiophene rings is 1. The summed E-state index contributed by atoms with van der Waals surface area (Å²) in [6.45, 7) is 0. The molecule has 3 nitrogen and oxygen atoms in total. The predicted molar refractivity (Wildman–Crippen MR) is 81.3 cm³/mol. The smallest absolute Gasteiger partial charge is 0.149 e. The van der Waals surface area contributed by atoms with Gasteiger partial charge < -0.3 is 5.73 Å². The standard InChI is InChI=1S/C14H11ClFN3S/c1-19-14(17)11(8-4-2-5-9(15)12(8)16)13(18-19)10-6-3-7-20-10/h2-7H,17H2,1H3. The first-order valence-electron chi connectivity index (χ1n) is 5.90. The Balaban J connectivity index is 2.31. The second-order valence-electron chi connectivity index (χ2n) is 4.31. The molecule has 0 aliphatic heterocycles. The first-order valence-corrected chi connectivity index (χ1v) is 7.16. The van der Waals surface area contributed by atoms with Crippen LogP contribution >= 0.6 is 22.9 Å². The Morgan fingerprint density at radius 3 is 2.80 bits per heavy atom. The molecule has 3 aromatic rings. The fraction of sp³-hybridized carbons (Fsp3) is 0.0714. The van der Waals surface area contributed by atoms with Crippen LogP contribution in [0.2, 0.25) is 5.02 Å². The van der Waals surface area contributed by atoms with E-state index in [0.717, 1.165) is 4.88 Å². The van der Waals surface area contributed by atoms with E-state index in [0.29, 0.717) is 22.6 Å². The van der Waals surface area contributed by atoms with Crippen molar-refractivity contribution in [1.82, 2.24) is 9.78 Å². The van der Waals surface area contributed by atoms with Gasteiger partial charge >= 0.3 is 0 Å². The Bertz CT molecular complexity index is 765. The Hall–Kier alpha value is -1.85. The van der Waals surface area contributed by atoms with Gasteiger partial charge in [-0.15, -0.1) is 11.3 Å². The van der Waals surface area contributed by atoms with E-state index in [9.17, 15) is 4.39 Å². The van der Waals surface area contributed by atoms with E-state index in [1.54, 1.807) is 23.9 Å². The molecule has 0 aliphatic rings. The highest BCUT2D eigenvalue weighted by molar-refractivity contribution is 7.13. The molecule has 0 saturated heterocycles. The number of hydrogen-bond donors (Lipinski definition) is 1. The number of nitrogens with zero attached hydrogens (tertiary/aromatic N) is 2. The monoisotopic (exact) mass is 307 g/mol. The van der Waals surface area contributed by atoms with Gasteiger partial charge in [0.15, 0.2) is 0 Å². The third-order valence-electron chi connectivity index (χ3n) is 3.07. The maximum Gasteiger partial charge on any atom is 0.149 e. The van der Waals surface area contributed by atoms with Gasteiger partial charge in [0.1, 0.15) is 17.3 Å². The number of nitrogens with two attached hydrogens (primary N) is 1. The van der Waals surface area contributed by atoms with Gasteiger partial charge in [-0.05, 0) is 17.5 Å². The van der Waals surface area contributed by atoms with Gasteiger partial charge in [-0.2, -0.15) is 5.10 Å². The zero-order valence-electron chi connectivity index (χ0n) is 10.6. The Labute approximate surface area is 124 Å². The molecular weight excluding hydrogens is 297 g/mol. The molecule has 102 valence electrons. The van der Waals surface area contributed by atoms with Crippen LogP contribution in [0.1, 0.15) is 0 Å². The molecule has 0 aliphatic carbocycles. The third kappa shape index (κ3) is 1.99. The van der Waals surface area contributed by atoms with Crippen LogP contribution < -0.4 is 5.73 Å². The zero-order chi connectivity index (χ0) is 14.3. The molecule has 6 heteroatoms. The normalized spacial score (nSPS) is 10.9. The molecular formula is C14H11ClFN3S. The van der Waals surface area contributed by atoms with Crippen LogP contribution in [0.15, 0.2) is 35.7 Å². The fourth-order valence-corrected chi connectivity index (χ4v) is 2.98. The number of halogens is 2. The lowest BCUT2D eigenvalue weighted by molar-refractivity contribution is 0.632. The van der Waals surface area contributed by atoms with Crippen molar-refractivity contribution >= 4 is 28.8 Å². The topological polar surface area (TPSA) is 43.8 Å².